The van der Waals surface area contributed by atoms with E-state index in [1.165, 1.54) is 6.07 Å². The number of benzene rings is 1. The van der Waals surface area contributed by atoms with Crippen LogP contribution in [0.2, 0.25) is 0 Å². The van der Waals surface area contributed by atoms with Crippen molar-refractivity contribution >= 4 is 27.5 Å². The number of sulfonamides is 1. The normalized spacial score (nSPS) is 16.1. The highest BCUT2D eigenvalue weighted by Crippen LogP contribution is 2.27. The largest absolute Gasteiger partial charge is 0.331 e. The van der Waals surface area contributed by atoms with Gasteiger partial charge in [-0.1, -0.05) is 38.1 Å². The second-order valence-corrected chi connectivity index (χ2v) is 8.69. The van der Waals surface area contributed by atoms with Crippen molar-refractivity contribution in [2.24, 2.45) is 16.1 Å². The summed E-state index contributed by atoms with van der Waals surface area (Å²) in [5, 5.41) is 5.45. The fourth-order valence-corrected chi connectivity index (χ4v) is 4.59. The van der Waals surface area contributed by atoms with E-state index in [1.807, 2.05) is 0 Å². The molecule has 2 heterocycles. The second-order valence-electron chi connectivity index (χ2n) is 7.12. The summed E-state index contributed by atoms with van der Waals surface area (Å²) in [6, 6.07) is 4.02. The summed E-state index contributed by atoms with van der Waals surface area (Å²) in [6.45, 7) is 5.17. The van der Waals surface area contributed by atoms with Gasteiger partial charge in [0, 0.05) is 12.0 Å². The molecule has 1 aromatic carbocycles. The SMILES string of the molecule is CCc1noc(C(=O)[C@H](CC)N(N)C(=O)[C@H](CC)N(N)C2=NS(=O)(=O)c3ccccc32)n1. The maximum Gasteiger partial charge on any atom is 0.296 e. The molecule has 0 aliphatic carbocycles. The first-order chi connectivity index (χ1) is 15.2. The summed E-state index contributed by atoms with van der Waals surface area (Å²) < 4.78 is 33.4. The first-order valence-corrected chi connectivity index (χ1v) is 11.5. The minimum absolute atomic E-state index is 0.00194. The number of nitrogens with two attached hydrogens (primary N) is 2. The van der Waals surface area contributed by atoms with E-state index >= 15 is 0 Å². The monoisotopic (exact) mass is 463 g/mol. The number of carbonyl (C=O) groups is 2. The van der Waals surface area contributed by atoms with Gasteiger partial charge >= 0.3 is 0 Å². The van der Waals surface area contributed by atoms with Gasteiger partial charge < -0.3 is 4.52 Å². The average Bonchev–Trinajstić information content (AvgIpc) is 3.37. The first-order valence-electron chi connectivity index (χ1n) is 10.1. The highest BCUT2D eigenvalue weighted by Gasteiger charge is 2.39. The smallest absolute Gasteiger partial charge is 0.296 e. The molecular formula is C19H25N7O5S. The Morgan fingerprint density at radius 2 is 1.75 bits per heavy atom. The molecule has 1 aliphatic heterocycles. The number of hydrogen-bond acceptors (Lipinski definition) is 10. The summed E-state index contributed by atoms with van der Waals surface area (Å²) in [4.78, 5) is 30.0. The molecule has 0 saturated heterocycles. The second kappa shape index (κ2) is 9.14. The summed E-state index contributed by atoms with van der Waals surface area (Å²) >= 11 is 0. The Hall–Kier alpha value is -3.16. The molecule has 1 aromatic heterocycles. The van der Waals surface area contributed by atoms with Gasteiger partial charge in [-0.15, -0.1) is 4.40 Å². The van der Waals surface area contributed by atoms with Gasteiger partial charge in [-0.2, -0.15) is 13.4 Å². The number of hydrazine groups is 2. The minimum Gasteiger partial charge on any atom is -0.331 e. The number of amides is 1. The molecular weight excluding hydrogens is 438 g/mol. The molecule has 12 nitrogen and oxygen atoms in total. The molecule has 3 rings (SSSR count). The molecule has 32 heavy (non-hydrogen) atoms. The third kappa shape index (κ3) is 4.13. The van der Waals surface area contributed by atoms with Crippen LogP contribution in [0.1, 0.15) is 55.7 Å². The molecule has 13 heteroatoms. The van der Waals surface area contributed by atoms with Gasteiger partial charge in [0.2, 0.25) is 5.78 Å². The molecule has 2 aromatic rings. The Morgan fingerprint density at radius 1 is 1.09 bits per heavy atom. The zero-order valence-corrected chi connectivity index (χ0v) is 18.7. The molecule has 4 N–H and O–H groups in total. The summed E-state index contributed by atoms with van der Waals surface area (Å²) in [5.74, 6) is 11.0. The predicted molar refractivity (Wildman–Crippen MR) is 113 cm³/mol. The Labute approximate surface area is 185 Å². The number of hydrogen-bond donors (Lipinski definition) is 2. The van der Waals surface area contributed by atoms with E-state index in [1.54, 1.807) is 39.0 Å². The van der Waals surface area contributed by atoms with Crippen LogP contribution in [0.5, 0.6) is 0 Å². The van der Waals surface area contributed by atoms with Gasteiger partial charge in [0.25, 0.3) is 21.8 Å². The number of rotatable bonds is 8. The van der Waals surface area contributed by atoms with Gasteiger partial charge in [0.05, 0.1) is 0 Å². The number of amidine groups is 1. The van der Waals surface area contributed by atoms with Crippen molar-refractivity contribution in [1.29, 1.82) is 0 Å². The van der Waals surface area contributed by atoms with Crippen molar-refractivity contribution in [1.82, 2.24) is 20.2 Å². The Bertz CT molecular complexity index is 1160. The lowest BCUT2D eigenvalue weighted by Crippen LogP contribution is -2.59. The van der Waals surface area contributed by atoms with Crippen LogP contribution in [0.3, 0.4) is 0 Å². The van der Waals surface area contributed by atoms with Crippen molar-refractivity contribution in [2.75, 3.05) is 0 Å². The lowest BCUT2D eigenvalue weighted by Gasteiger charge is -2.32. The topological polar surface area (TPSA) is 178 Å². The molecule has 0 unspecified atom stereocenters. The molecule has 1 amide bonds. The van der Waals surface area contributed by atoms with Crippen LogP contribution < -0.4 is 11.7 Å². The third-order valence-corrected chi connectivity index (χ3v) is 6.46. The van der Waals surface area contributed by atoms with Crippen molar-refractivity contribution in [3.8, 4) is 0 Å². The van der Waals surface area contributed by atoms with Gasteiger partial charge in [0.15, 0.2) is 11.7 Å². The molecule has 0 radical (unpaired) electrons. The van der Waals surface area contributed by atoms with Crippen molar-refractivity contribution in [2.45, 2.75) is 57.0 Å². The van der Waals surface area contributed by atoms with Crippen molar-refractivity contribution < 1.29 is 22.5 Å². The van der Waals surface area contributed by atoms with Crippen LogP contribution in [0.15, 0.2) is 38.1 Å². The highest BCUT2D eigenvalue weighted by molar-refractivity contribution is 7.90. The number of ketones is 1. The maximum absolute atomic E-state index is 13.2. The molecule has 0 spiro atoms. The minimum atomic E-state index is -3.93. The Kier molecular flexibility index (Phi) is 6.71. The number of fused-ring (bicyclic) bond motifs is 1. The highest BCUT2D eigenvalue weighted by atomic mass is 32.2. The van der Waals surface area contributed by atoms with Crippen LogP contribution in [0.4, 0.5) is 0 Å². The molecule has 0 saturated carbocycles. The van der Waals surface area contributed by atoms with Gasteiger partial charge in [0.1, 0.15) is 17.0 Å². The van der Waals surface area contributed by atoms with Gasteiger partial charge in [-0.3, -0.25) is 19.6 Å². The maximum atomic E-state index is 13.2. The van der Waals surface area contributed by atoms with Crippen LogP contribution in [0, 0.1) is 0 Å². The van der Waals surface area contributed by atoms with E-state index in [0.29, 0.717) is 12.2 Å². The molecule has 0 fully saturated rings. The number of Topliss-reactive ketones (excluding diaryl/α,β-unsaturated/α-hetero) is 1. The van der Waals surface area contributed by atoms with Crippen molar-refractivity contribution in [3.63, 3.8) is 0 Å². The zero-order valence-electron chi connectivity index (χ0n) is 17.9. The third-order valence-electron chi connectivity index (χ3n) is 5.14. The molecule has 1 aliphatic rings. The van der Waals surface area contributed by atoms with E-state index < -0.39 is 33.8 Å². The average molecular weight is 464 g/mol. The van der Waals surface area contributed by atoms with Gasteiger partial charge in [-0.05, 0) is 25.0 Å². The summed E-state index contributed by atoms with van der Waals surface area (Å²) in [6.07, 6.45) is 0.838. The van der Waals surface area contributed by atoms with E-state index in [4.69, 9.17) is 16.2 Å². The standard InChI is InChI=1S/C19H25N7O5S/c1-4-12(16(27)18-22-15(6-3)23-31-18)26(21)19(28)13(5-2)25(20)17-11-9-7-8-10-14(11)32(29,30)24-17/h7-10,12-13H,4-6,20-21H2,1-3H3/t12-,13-/m0/s1. The van der Waals surface area contributed by atoms with E-state index in [2.05, 4.69) is 14.5 Å². The van der Waals surface area contributed by atoms with E-state index in [0.717, 1.165) is 10.0 Å². The number of nitrogens with zero attached hydrogens (tertiary/aromatic N) is 5. The quantitative estimate of drug-likeness (QED) is 0.241. The lowest BCUT2D eigenvalue weighted by atomic mass is 10.1. The Morgan fingerprint density at radius 3 is 2.34 bits per heavy atom. The molecule has 172 valence electrons. The number of carbonyl (C=O) groups excluding carboxylic acids is 2. The molecule has 2 atom stereocenters. The van der Waals surface area contributed by atoms with Crippen LogP contribution in [-0.2, 0) is 21.2 Å². The summed E-state index contributed by atoms with van der Waals surface area (Å²) in [7, 11) is -3.93. The lowest BCUT2D eigenvalue weighted by molar-refractivity contribution is -0.137. The van der Waals surface area contributed by atoms with Crippen LogP contribution in [0.25, 0.3) is 0 Å². The van der Waals surface area contributed by atoms with E-state index in [9.17, 15) is 18.0 Å². The number of aryl methyl sites for hydroxylation is 1. The van der Waals surface area contributed by atoms with Crippen LogP contribution >= 0.6 is 0 Å². The van der Waals surface area contributed by atoms with Crippen LogP contribution in [-0.4, -0.2) is 58.2 Å². The predicted octanol–water partition coefficient (Wildman–Crippen LogP) is 0.399. The van der Waals surface area contributed by atoms with Crippen molar-refractivity contribution in [3.05, 3.63) is 41.5 Å². The number of aromatic nitrogens is 2. The first kappa shape index (κ1) is 23.5. The zero-order chi connectivity index (χ0) is 23.6. The molecule has 0 bridgehead atoms. The van der Waals surface area contributed by atoms with E-state index in [-0.39, 0.29) is 35.0 Å². The fourth-order valence-electron chi connectivity index (χ4n) is 3.39. The van der Waals surface area contributed by atoms with Gasteiger partial charge in [-0.25, -0.2) is 11.7 Å². The summed E-state index contributed by atoms with van der Waals surface area (Å²) in [5.41, 5.74) is 0.283. The Balaban J connectivity index is 1.86. The fraction of sp³-hybridized carbons (Fsp3) is 0.421.